The molecule has 116 valence electrons. The molecule has 0 spiro atoms. The van der Waals surface area contributed by atoms with Gasteiger partial charge in [0.15, 0.2) is 0 Å². The lowest BCUT2D eigenvalue weighted by atomic mass is 9.85. The van der Waals surface area contributed by atoms with Crippen molar-refractivity contribution in [3.63, 3.8) is 0 Å². The summed E-state index contributed by atoms with van der Waals surface area (Å²) < 4.78 is 0. The number of allylic oxidation sites excluding steroid dienone is 3. The van der Waals surface area contributed by atoms with Crippen molar-refractivity contribution in [2.45, 2.75) is 34.1 Å². The van der Waals surface area contributed by atoms with Crippen molar-refractivity contribution < 1.29 is 0 Å². The SMILES string of the molecule is C=C(C)/C=C1\Cc2nc(=C/C)/c(=C\C)nc2-c2ccc(C)cc21. The molecule has 0 saturated heterocycles. The van der Waals surface area contributed by atoms with E-state index in [1.165, 1.54) is 22.3 Å². The summed E-state index contributed by atoms with van der Waals surface area (Å²) in [5.74, 6) is 0. The van der Waals surface area contributed by atoms with Crippen LogP contribution in [0.2, 0.25) is 0 Å². The van der Waals surface area contributed by atoms with Crippen LogP contribution in [0, 0.1) is 6.92 Å². The van der Waals surface area contributed by atoms with Crippen molar-refractivity contribution in [3.05, 3.63) is 63.9 Å². The first-order valence-electron chi connectivity index (χ1n) is 8.00. The van der Waals surface area contributed by atoms with Gasteiger partial charge in [0.2, 0.25) is 0 Å². The predicted octanol–water partition coefficient (Wildman–Crippen LogP) is 3.57. The molecule has 23 heavy (non-hydrogen) atoms. The number of benzene rings is 1. The van der Waals surface area contributed by atoms with Gasteiger partial charge in [-0.1, -0.05) is 54.1 Å². The number of aromatic nitrogens is 2. The van der Waals surface area contributed by atoms with Crippen LogP contribution in [0.25, 0.3) is 29.0 Å². The number of aryl methyl sites for hydroxylation is 1. The minimum Gasteiger partial charge on any atom is -0.249 e. The number of fused-ring (bicyclic) bond motifs is 3. The second-order valence-electron chi connectivity index (χ2n) is 6.11. The number of nitrogens with zero attached hydrogens (tertiary/aromatic N) is 2. The number of rotatable bonds is 1. The largest absolute Gasteiger partial charge is 0.249 e. The highest BCUT2D eigenvalue weighted by Gasteiger charge is 2.22. The van der Waals surface area contributed by atoms with Gasteiger partial charge >= 0.3 is 0 Å². The predicted molar refractivity (Wildman–Crippen MR) is 98.2 cm³/mol. The average molecular weight is 302 g/mol. The minimum atomic E-state index is 0.802. The lowest BCUT2D eigenvalue weighted by Gasteiger charge is -2.22. The molecule has 0 bridgehead atoms. The van der Waals surface area contributed by atoms with Gasteiger partial charge in [-0.05, 0) is 38.8 Å². The van der Waals surface area contributed by atoms with Gasteiger partial charge in [-0.3, -0.25) is 0 Å². The summed E-state index contributed by atoms with van der Waals surface area (Å²) in [5, 5.41) is 1.90. The van der Waals surface area contributed by atoms with Crippen LogP contribution in [0.1, 0.15) is 37.6 Å². The van der Waals surface area contributed by atoms with Crippen LogP contribution in [0.15, 0.2) is 36.4 Å². The molecule has 0 fully saturated rings. The zero-order valence-electron chi connectivity index (χ0n) is 14.3. The summed E-state index contributed by atoms with van der Waals surface area (Å²) >= 11 is 0. The molecule has 1 aromatic heterocycles. The van der Waals surface area contributed by atoms with E-state index in [4.69, 9.17) is 9.97 Å². The molecule has 1 aromatic carbocycles. The van der Waals surface area contributed by atoms with E-state index in [1.54, 1.807) is 0 Å². The molecular formula is C21H22N2. The van der Waals surface area contributed by atoms with E-state index in [2.05, 4.69) is 37.8 Å². The third kappa shape index (κ3) is 2.77. The number of hydrogen-bond acceptors (Lipinski definition) is 2. The smallest absolute Gasteiger partial charge is 0.0934 e. The van der Waals surface area contributed by atoms with Gasteiger partial charge in [-0.15, -0.1) is 0 Å². The lowest BCUT2D eigenvalue weighted by molar-refractivity contribution is 0.994. The van der Waals surface area contributed by atoms with E-state index in [0.717, 1.165) is 34.1 Å². The molecule has 0 aliphatic heterocycles. The first-order valence-corrected chi connectivity index (χ1v) is 8.00. The Bertz CT molecular complexity index is 947. The summed E-state index contributed by atoms with van der Waals surface area (Å²) in [4.78, 5) is 9.75. The van der Waals surface area contributed by atoms with Gasteiger partial charge in [0.05, 0.1) is 22.1 Å². The normalized spacial score (nSPS) is 16.4. The van der Waals surface area contributed by atoms with Gasteiger partial charge in [0.25, 0.3) is 0 Å². The fourth-order valence-electron chi connectivity index (χ4n) is 3.09. The first-order chi connectivity index (χ1) is 11.0. The van der Waals surface area contributed by atoms with Crippen molar-refractivity contribution in [2.75, 3.05) is 0 Å². The molecule has 0 saturated carbocycles. The van der Waals surface area contributed by atoms with Crippen molar-refractivity contribution in [3.8, 4) is 11.3 Å². The molecule has 2 nitrogen and oxygen atoms in total. The van der Waals surface area contributed by atoms with Crippen LogP contribution in [0.4, 0.5) is 0 Å². The van der Waals surface area contributed by atoms with Crippen molar-refractivity contribution in [1.82, 2.24) is 9.97 Å². The summed E-state index contributed by atoms with van der Waals surface area (Å²) in [6.07, 6.45) is 7.01. The maximum atomic E-state index is 4.89. The monoisotopic (exact) mass is 302 g/mol. The zero-order valence-corrected chi connectivity index (χ0v) is 14.3. The van der Waals surface area contributed by atoms with E-state index in [-0.39, 0.29) is 0 Å². The Labute approximate surface area is 137 Å². The Morgan fingerprint density at radius 1 is 1.09 bits per heavy atom. The van der Waals surface area contributed by atoms with E-state index in [1.807, 2.05) is 32.9 Å². The van der Waals surface area contributed by atoms with Gasteiger partial charge in [-0.25, -0.2) is 9.97 Å². The summed E-state index contributed by atoms with van der Waals surface area (Å²) in [6.45, 7) is 12.2. The van der Waals surface area contributed by atoms with E-state index >= 15 is 0 Å². The highest BCUT2D eigenvalue weighted by Crippen LogP contribution is 2.37. The molecule has 1 aliphatic carbocycles. The summed E-state index contributed by atoms with van der Waals surface area (Å²) in [6, 6.07) is 6.55. The molecule has 2 heteroatoms. The minimum absolute atomic E-state index is 0.802. The van der Waals surface area contributed by atoms with Crippen molar-refractivity contribution in [1.29, 1.82) is 0 Å². The van der Waals surface area contributed by atoms with E-state index in [0.29, 0.717) is 0 Å². The van der Waals surface area contributed by atoms with Gasteiger partial charge in [0.1, 0.15) is 0 Å². The second kappa shape index (κ2) is 5.96. The van der Waals surface area contributed by atoms with Crippen LogP contribution < -0.4 is 10.7 Å². The average Bonchev–Trinajstić information content (AvgIpc) is 2.53. The Balaban J connectivity index is 2.37. The number of hydrogen-bond donors (Lipinski definition) is 0. The molecule has 1 aliphatic rings. The topological polar surface area (TPSA) is 25.8 Å². The standard InChI is InChI=1S/C21H22N2/c1-6-18-19(7-2)23-21-16-9-8-14(5)11-17(16)15(10-13(3)4)12-20(21)22-18/h6-11H,3,12H2,1-2,4-5H3/b15-10+,18-6+,19-7+. The lowest BCUT2D eigenvalue weighted by Crippen LogP contribution is -2.34. The third-order valence-electron chi connectivity index (χ3n) is 4.12. The van der Waals surface area contributed by atoms with Crippen LogP contribution in [-0.4, -0.2) is 9.97 Å². The highest BCUT2D eigenvalue weighted by molar-refractivity contribution is 5.87. The molecule has 0 amide bonds. The Kier molecular flexibility index (Phi) is 3.99. The van der Waals surface area contributed by atoms with Gasteiger partial charge < -0.3 is 0 Å². The molecule has 1 heterocycles. The van der Waals surface area contributed by atoms with E-state index in [9.17, 15) is 0 Å². The van der Waals surface area contributed by atoms with Crippen LogP contribution in [0.3, 0.4) is 0 Å². The molecule has 0 unspecified atom stereocenters. The Morgan fingerprint density at radius 3 is 2.43 bits per heavy atom. The first kappa shape index (κ1) is 15.4. The summed E-state index contributed by atoms with van der Waals surface area (Å²) in [5.41, 5.74) is 8.07. The van der Waals surface area contributed by atoms with Gasteiger partial charge in [-0.2, -0.15) is 0 Å². The fraction of sp³-hybridized carbons (Fsp3) is 0.238. The molecule has 0 atom stereocenters. The highest BCUT2D eigenvalue weighted by atomic mass is 14.8. The van der Waals surface area contributed by atoms with Crippen LogP contribution in [0.5, 0.6) is 0 Å². The zero-order chi connectivity index (χ0) is 16.6. The molecule has 0 N–H and O–H groups in total. The Morgan fingerprint density at radius 2 is 1.78 bits per heavy atom. The van der Waals surface area contributed by atoms with Crippen molar-refractivity contribution >= 4 is 17.7 Å². The fourth-order valence-corrected chi connectivity index (χ4v) is 3.09. The molecule has 3 rings (SSSR count). The van der Waals surface area contributed by atoms with Gasteiger partial charge in [0, 0.05) is 12.0 Å². The molecule has 2 aromatic rings. The van der Waals surface area contributed by atoms with Crippen LogP contribution >= 0.6 is 0 Å². The summed E-state index contributed by atoms with van der Waals surface area (Å²) in [7, 11) is 0. The molecular weight excluding hydrogens is 280 g/mol. The maximum Gasteiger partial charge on any atom is 0.0934 e. The Hall–Kier alpha value is -2.48. The molecule has 0 radical (unpaired) electrons. The third-order valence-corrected chi connectivity index (χ3v) is 4.12. The van der Waals surface area contributed by atoms with Crippen LogP contribution in [-0.2, 0) is 6.42 Å². The second-order valence-corrected chi connectivity index (χ2v) is 6.11. The van der Waals surface area contributed by atoms with E-state index < -0.39 is 0 Å². The van der Waals surface area contributed by atoms with Crippen molar-refractivity contribution in [2.24, 2.45) is 0 Å². The quantitative estimate of drug-likeness (QED) is 0.805. The maximum absolute atomic E-state index is 4.89.